The van der Waals surface area contributed by atoms with Crippen LogP contribution in [-0.2, 0) is 6.54 Å². The van der Waals surface area contributed by atoms with Gasteiger partial charge >= 0.3 is 0 Å². The third kappa shape index (κ3) is 3.59. The maximum atomic E-state index is 8.59. The average molecular weight is 265 g/mol. The van der Waals surface area contributed by atoms with Crippen LogP contribution in [0.3, 0.4) is 0 Å². The monoisotopic (exact) mass is 264 g/mol. The van der Waals surface area contributed by atoms with Crippen molar-refractivity contribution in [2.45, 2.75) is 19.4 Å². The van der Waals surface area contributed by atoms with Crippen LogP contribution in [0.5, 0.6) is 0 Å². The third-order valence-corrected chi connectivity index (χ3v) is 3.59. The van der Waals surface area contributed by atoms with Crippen molar-refractivity contribution in [3.8, 4) is 0 Å². The molecule has 0 aromatic heterocycles. The van der Waals surface area contributed by atoms with Gasteiger partial charge in [0.05, 0.1) is 6.21 Å². The quantitative estimate of drug-likeness (QED) is 0.517. The Morgan fingerprint density at radius 1 is 1.22 bits per heavy atom. The fraction of sp³-hybridized carbons (Fsp3) is 0.357. The molecule has 1 N–H and O–H groups in total. The second-order valence-electron chi connectivity index (χ2n) is 4.44. The molecule has 1 aliphatic rings. The number of hydrogen-bond acceptors (Lipinski definition) is 3. The average Bonchev–Trinajstić information content (AvgIpc) is 2.56. The summed E-state index contributed by atoms with van der Waals surface area (Å²) >= 11 is 6.18. The topological polar surface area (TPSA) is 35.8 Å². The molecule has 1 aliphatic heterocycles. The van der Waals surface area contributed by atoms with Gasteiger partial charge in [0.1, 0.15) is 0 Å². The van der Waals surface area contributed by atoms with E-state index in [0.29, 0.717) is 0 Å². The van der Waals surface area contributed by atoms with Crippen LogP contribution in [0.2, 0.25) is 0 Å². The molecule has 0 unspecified atom stereocenters. The van der Waals surface area contributed by atoms with Gasteiger partial charge in [-0.05, 0) is 24.0 Å². The zero-order valence-corrected chi connectivity index (χ0v) is 11.0. The van der Waals surface area contributed by atoms with Crippen LogP contribution in [-0.4, -0.2) is 29.4 Å². The van der Waals surface area contributed by atoms with E-state index < -0.39 is 0 Å². The molecular weight excluding hydrogens is 248 g/mol. The van der Waals surface area contributed by atoms with Crippen molar-refractivity contribution in [3.63, 3.8) is 0 Å². The summed E-state index contributed by atoms with van der Waals surface area (Å²) < 4.78 is 0. The Hall–Kier alpha value is -1.32. The number of oxime groups is 1. The lowest BCUT2D eigenvalue weighted by Crippen LogP contribution is -2.24. The Labute approximate surface area is 112 Å². The molecule has 0 aliphatic carbocycles. The summed E-state index contributed by atoms with van der Waals surface area (Å²) in [5, 5.41) is 12.5. The summed E-state index contributed by atoms with van der Waals surface area (Å²) in [5.41, 5.74) is 2.25. The summed E-state index contributed by atoms with van der Waals surface area (Å²) in [6.45, 7) is 2.82. The number of benzene rings is 1. The molecule has 1 aromatic rings. The summed E-state index contributed by atoms with van der Waals surface area (Å²) in [6.07, 6.45) is 3.10. The largest absolute Gasteiger partial charge is 0.411 e. The van der Waals surface area contributed by atoms with Crippen molar-refractivity contribution in [2.24, 2.45) is 5.16 Å². The van der Waals surface area contributed by atoms with Crippen molar-refractivity contribution >= 4 is 17.8 Å². The highest BCUT2D eigenvalue weighted by molar-refractivity contribution is 6.31. The standard InChI is InChI=1S/C14H17ClN2O/c15-14-7-9-17(8-6-13(14)10-16-18)11-12-4-2-1-3-5-12/h1-5,10,18H,6-9,11H2/b16-10-. The van der Waals surface area contributed by atoms with E-state index in [1.807, 2.05) is 6.07 Å². The molecule has 2 rings (SSSR count). The number of rotatable bonds is 3. The third-order valence-electron chi connectivity index (χ3n) is 3.16. The van der Waals surface area contributed by atoms with Gasteiger partial charge in [0, 0.05) is 24.7 Å². The molecule has 4 heteroatoms. The Morgan fingerprint density at radius 3 is 2.67 bits per heavy atom. The minimum atomic E-state index is 0.809. The normalized spacial score (nSPS) is 18.3. The highest BCUT2D eigenvalue weighted by atomic mass is 35.5. The molecule has 0 atom stereocenters. The molecule has 1 heterocycles. The van der Waals surface area contributed by atoms with Crippen LogP contribution in [0, 0.1) is 0 Å². The molecule has 1 aromatic carbocycles. The molecule has 3 nitrogen and oxygen atoms in total. The predicted octanol–water partition coefficient (Wildman–Crippen LogP) is 3.24. The SMILES string of the molecule is O/N=C\C1=C(Cl)CCN(Cc2ccccc2)CC1. The van der Waals surface area contributed by atoms with Gasteiger partial charge in [-0.15, -0.1) is 0 Å². The van der Waals surface area contributed by atoms with Gasteiger partial charge in [-0.25, -0.2) is 0 Å². The highest BCUT2D eigenvalue weighted by Crippen LogP contribution is 2.21. The molecule has 0 saturated carbocycles. The van der Waals surface area contributed by atoms with Crippen molar-refractivity contribution in [2.75, 3.05) is 13.1 Å². The van der Waals surface area contributed by atoms with E-state index in [2.05, 4.69) is 34.3 Å². The van der Waals surface area contributed by atoms with E-state index in [1.54, 1.807) is 0 Å². The van der Waals surface area contributed by atoms with Gasteiger partial charge in [0.2, 0.25) is 0 Å². The van der Waals surface area contributed by atoms with Crippen LogP contribution in [0.1, 0.15) is 18.4 Å². The Morgan fingerprint density at radius 2 is 1.94 bits per heavy atom. The van der Waals surface area contributed by atoms with E-state index in [4.69, 9.17) is 16.8 Å². The molecule has 0 amide bonds. The molecule has 0 radical (unpaired) electrons. The van der Waals surface area contributed by atoms with Crippen LogP contribution in [0.25, 0.3) is 0 Å². The lowest BCUT2D eigenvalue weighted by Gasteiger charge is -2.19. The van der Waals surface area contributed by atoms with Gasteiger partial charge in [0.15, 0.2) is 0 Å². The highest BCUT2D eigenvalue weighted by Gasteiger charge is 2.14. The fourth-order valence-corrected chi connectivity index (χ4v) is 2.37. The number of nitrogens with zero attached hydrogens (tertiary/aromatic N) is 2. The first-order valence-electron chi connectivity index (χ1n) is 6.11. The van der Waals surface area contributed by atoms with Crippen LogP contribution >= 0.6 is 11.6 Å². The molecule has 18 heavy (non-hydrogen) atoms. The summed E-state index contributed by atoms with van der Waals surface area (Å²) in [5.74, 6) is 0. The summed E-state index contributed by atoms with van der Waals surface area (Å²) in [4.78, 5) is 2.37. The zero-order chi connectivity index (χ0) is 12.8. The minimum Gasteiger partial charge on any atom is -0.411 e. The van der Waals surface area contributed by atoms with Crippen molar-refractivity contribution in [3.05, 3.63) is 46.5 Å². The van der Waals surface area contributed by atoms with Crippen molar-refractivity contribution in [1.82, 2.24) is 4.90 Å². The van der Waals surface area contributed by atoms with E-state index in [9.17, 15) is 0 Å². The van der Waals surface area contributed by atoms with E-state index in [0.717, 1.165) is 43.1 Å². The van der Waals surface area contributed by atoms with Gasteiger partial charge in [-0.2, -0.15) is 0 Å². The fourth-order valence-electron chi connectivity index (χ4n) is 2.15. The molecule has 0 saturated heterocycles. The zero-order valence-electron chi connectivity index (χ0n) is 10.2. The number of hydrogen-bond donors (Lipinski definition) is 1. The molecule has 0 fully saturated rings. The minimum absolute atomic E-state index is 0.809. The smallest absolute Gasteiger partial charge is 0.0705 e. The maximum Gasteiger partial charge on any atom is 0.0705 e. The Balaban J connectivity index is 1.96. The first-order chi connectivity index (χ1) is 8.79. The predicted molar refractivity (Wildman–Crippen MR) is 74.1 cm³/mol. The molecule has 96 valence electrons. The maximum absolute atomic E-state index is 8.59. The van der Waals surface area contributed by atoms with Crippen LogP contribution < -0.4 is 0 Å². The summed E-state index contributed by atoms with van der Waals surface area (Å²) in [7, 11) is 0. The van der Waals surface area contributed by atoms with E-state index in [-0.39, 0.29) is 0 Å². The number of halogens is 1. The van der Waals surface area contributed by atoms with Crippen molar-refractivity contribution < 1.29 is 5.21 Å². The first-order valence-corrected chi connectivity index (χ1v) is 6.48. The lowest BCUT2D eigenvalue weighted by atomic mass is 10.2. The van der Waals surface area contributed by atoms with E-state index in [1.165, 1.54) is 11.8 Å². The van der Waals surface area contributed by atoms with Gasteiger partial charge < -0.3 is 5.21 Å². The van der Waals surface area contributed by atoms with Gasteiger partial charge in [0.25, 0.3) is 0 Å². The van der Waals surface area contributed by atoms with Gasteiger partial charge in [-0.3, -0.25) is 4.90 Å². The molecule has 0 bridgehead atoms. The lowest BCUT2D eigenvalue weighted by molar-refractivity contribution is 0.279. The first kappa shape index (κ1) is 13.1. The van der Waals surface area contributed by atoms with Crippen molar-refractivity contribution in [1.29, 1.82) is 0 Å². The van der Waals surface area contributed by atoms with Gasteiger partial charge in [-0.1, -0.05) is 47.1 Å². The van der Waals surface area contributed by atoms with E-state index >= 15 is 0 Å². The molecule has 0 spiro atoms. The second kappa shape index (κ2) is 6.57. The molecular formula is C14H17ClN2O. The Kier molecular flexibility index (Phi) is 4.79. The van der Waals surface area contributed by atoms with Crippen LogP contribution in [0.4, 0.5) is 0 Å². The Bertz CT molecular complexity index is 442. The van der Waals surface area contributed by atoms with Crippen LogP contribution in [0.15, 0.2) is 46.1 Å². The second-order valence-corrected chi connectivity index (χ2v) is 4.89. The summed E-state index contributed by atoms with van der Waals surface area (Å²) in [6, 6.07) is 10.4.